The summed E-state index contributed by atoms with van der Waals surface area (Å²) in [6.07, 6.45) is 1.49. The van der Waals surface area contributed by atoms with Gasteiger partial charge in [0.05, 0.1) is 0 Å². The third kappa shape index (κ3) is 1.93. The van der Waals surface area contributed by atoms with Gasteiger partial charge in [0.25, 0.3) is 0 Å². The Morgan fingerprint density at radius 2 is 1.83 bits per heavy atom. The molecule has 0 spiro atoms. The van der Waals surface area contributed by atoms with Crippen molar-refractivity contribution in [3.05, 3.63) is 45.9 Å². The van der Waals surface area contributed by atoms with Gasteiger partial charge in [-0.25, -0.2) is 0 Å². The van der Waals surface area contributed by atoms with E-state index in [2.05, 4.69) is 15.9 Å². The third-order valence-electron chi connectivity index (χ3n) is 3.06. The van der Waals surface area contributed by atoms with E-state index in [1.165, 1.54) is 12.1 Å². The maximum atomic E-state index is 9.85. The van der Waals surface area contributed by atoms with Crippen molar-refractivity contribution in [2.45, 2.75) is 12.8 Å². The molecule has 0 saturated heterocycles. The SMILES string of the molecule is Oc1cc(O)c2c(c1)Oc1cc(Br)ccc1CC2. The Balaban J connectivity index is 2.13. The lowest BCUT2D eigenvalue weighted by Gasteiger charge is -2.10. The lowest BCUT2D eigenvalue weighted by molar-refractivity contribution is 0.427. The highest BCUT2D eigenvalue weighted by atomic mass is 79.9. The standard InChI is InChI=1S/C14H11BrO3/c15-9-3-1-8-2-4-11-12(17)6-10(16)7-14(11)18-13(8)5-9/h1,3,5-7,16-17H,2,4H2. The zero-order chi connectivity index (χ0) is 12.7. The summed E-state index contributed by atoms with van der Waals surface area (Å²) in [5.74, 6) is 1.36. The summed E-state index contributed by atoms with van der Waals surface area (Å²) in [6, 6.07) is 8.74. The average molecular weight is 307 g/mol. The van der Waals surface area contributed by atoms with Crippen molar-refractivity contribution in [1.82, 2.24) is 0 Å². The highest BCUT2D eigenvalue weighted by molar-refractivity contribution is 9.10. The summed E-state index contributed by atoms with van der Waals surface area (Å²) < 4.78 is 6.73. The van der Waals surface area contributed by atoms with Crippen LogP contribution in [0.25, 0.3) is 0 Å². The summed E-state index contributed by atoms with van der Waals surface area (Å²) >= 11 is 3.41. The molecule has 1 heterocycles. The predicted molar refractivity (Wildman–Crippen MR) is 71.4 cm³/mol. The zero-order valence-electron chi connectivity index (χ0n) is 9.48. The molecular weight excluding hydrogens is 296 g/mol. The van der Waals surface area contributed by atoms with Crippen molar-refractivity contribution >= 4 is 15.9 Å². The molecule has 0 atom stereocenters. The minimum atomic E-state index is 0.00435. The number of phenols is 2. The summed E-state index contributed by atoms with van der Waals surface area (Å²) in [6.45, 7) is 0. The second-order valence-electron chi connectivity index (χ2n) is 4.30. The molecule has 0 bridgehead atoms. The van der Waals surface area contributed by atoms with Crippen molar-refractivity contribution in [2.24, 2.45) is 0 Å². The van der Waals surface area contributed by atoms with Gasteiger partial charge < -0.3 is 14.9 Å². The first-order valence-electron chi connectivity index (χ1n) is 5.64. The number of halogens is 1. The molecule has 18 heavy (non-hydrogen) atoms. The van der Waals surface area contributed by atoms with Crippen molar-refractivity contribution in [2.75, 3.05) is 0 Å². The molecule has 0 saturated carbocycles. The van der Waals surface area contributed by atoms with E-state index in [1.54, 1.807) is 0 Å². The maximum Gasteiger partial charge on any atom is 0.138 e. The van der Waals surface area contributed by atoms with Gasteiger partial charge in [-0.2, -0.15) is 0 Å². The topological polar surface area (TPSA) is 49.7 Å². The van der Waals surface area contributed by atoms with Crippen LogP contribution in [0.4, 0.5) is 0 Å². The number of fused-ring (bicyclic) bond motifs is 2. The first-order chi connectivity index (χ1) is 8.63. The van der Waals surface area contributed by atoms with Crippen LogP contribution in [0, 0.1) is 0 Å². The third-order valence-corrected chi connectivity index (χ3v) is 3.56. The number of ether oxygens (including phenoxy) is 1. The molecule has 3 nitrogen and oxygen atoms in total. The maximum absolute atomic E-state index is 9.85. The first-order valence-corrected chi connectivity index (χ1v) is 6.44. The number of hydrogen-bond acceptors (Lipinski definition) is 3. The Labute approximate surface area is 113 Å². The molecule has 0 radical (unpaired) electrons. The predicted octanol–water partition coefficient (Wildman–Crippen LogP) is 3.75. The number of benzene rings is 2. The fourth-order valence-electron chi connectivity index (χ4n) is 2.17. The molecule has 2 aromatic rings. The second kappa shape index (κ2) is 4.21. The van der Waals surface area contributed by atoms with Crippen molar-refractivity contribution in [1.29, 1.82) is 0 Å². The summed E-state index contributed by atoms with van der Waals surface area (Å²) in [5, 5.41) is 19.4. The van der Waals surface area contributed by atoms with E-state index in [0.717, 1.165) is 27.8 Å². The van der Waals surface area contributed by atoms with Crippen molar-refractivity contribution in [3.8, 4) is 23.0 Å². The molecule has 0 unspecified atom stereocenters. The molecule has 2 aromatic carbocycles. The quantitative estimate of drug-likeness (QED) is 0.779. The van der Waals surface area contributed by atoms with E-state index >= 15 is 0 Å². The van der Waals surface area contributed by atoms with Gasteiger partial charge in [0.2, 0.25) is 0 Å². The highest BCUT2D eigenvalue weighted by Crippen LogP contribution is 2.40. The zero-order valence-corrected chi connectivity index (χ0v) is 11.1. The molecule has 4 heteroatoms. The van der Waals surface area contributed by atoms with Crippen LogP contribution in [-0.4, -0.2) is 10.2 Å². The van der Waals surface area contributed by atoms with Gasteiger partial charge in [0.15, 0.2) is 0 Å². The second-order valence-corrected chi connectivity index (χ2v) is 5.21. The molecule has 1 aliphatic heterocycles. The van der Waals surface area contributed by atoms with Gasteiger partial charge in [-0.15, -0.1) is 0 Å². The normalized spacial score (nSPS) is 13.2. The van der Waals surface area contributed by atoms with Crippen LogP contribution in [0.3, 0.4) is 0 Å². The number of rotatable bonds is 0. The number of aryl methyl sites for hydroxylation is 1. The lowest BCUT2D eigenvalue weighted by atomic mass is 10.0. The number of phenolic OH excluding ortho intramolecular Hbond substituents is 2. The van der Waals surface area contributed by atoms with Crippen LogP contribution in [0.1, 0.15) is 11.1 Å². The Morgan fingerprint density at radius 1 is 1.00 bits per heavy atom. The molecule has 3 rings (SSSR count). The molecule has 92 valence electrons. The summed E-state index contributed by atoms with van der Waals surface area (Å²) in [7, 11) is 0. The Kier molecular flexibility index (Phi) is 2.67. The van der Waals surface area contributed by atoms with E-state index in [4.69, 9.17) is 4.74 Å². The minimum absolute atomic E-state index is 0.00435. The summed E-state index contributed by atoms with van der Waals surface area (Å²) in [4.78, 5) is 0. The van der Waals surface area contributed by atoms with Gasteiger partial charge in [-0.3, -0.25) is 0 Å². The average Bonchev–Trinajstić information content (AvgIpc) is 2.47. The Bertz CT molecular complexity index is 623. The Hall–Kier alpha value is -1.68. The molecule has 2 N–H and O–H groups in total. The fraction of sp³-hybridized carbons (Fsp3) is 0.143. The molecule has 0 amide bonds. The van der Waals surface area contributed by atoms with Crippen LogP contribution < -0.4 is 4.74 Å². The van der Waals surface area contributed by atoms with Gasteiger partial charge in [0, 0.05) is 22.2 Å². The highest BCUT2D eigenvalue weighted by Gasteiger charge is 2.18. The lowest BCUT2D eigenvalue weighted by Crippen LogP contribution is -1.89. The minimum Gasteiger partial charge on any atom is -0.508 e. The van der Waals surface area contributed by atoms with Gasteiger partial charge >= 0.3 is 0 Å². The van der Waals surface area contributed by atoms with Crippen LogP contribution in [0.5, 0.6) is 23.0 Å². The van der Waals surface area contributed by atoms with Crippen molar-refractivity contribution in [3.63, 3.8) is 0 Å². The molecule has 0 aliphatic carbocycles. The van der Waals surface area contributed by atoms with E-state index in [0.29, 0.717) is 12.2 Å². The number of hydrogen-bond donors (Lipinski definition) is 2. The molecule has 0 fully saturated rings. The number of aromatic hydroxyl groups is 2. The molecular formula is C14H11BrO3. The fourth-order valence-corrected chi connectivity index (χ4v) is 2.51. The van der Waals surface area contributed by atoms with Crippen molar-refractivity contribution < 1.29 is 14.9 Å². The van der Waals surface area contributed by atoms with E-state index in [1.807, 2.05) is 18.2 Å². The summed E-state index contributed by atoms with van der Waals surface area (Å²) in [5.41, 5.74) is 1.83. The van der Waals surface area contributed by atoms with E-state index < -0.39 is 0 Å². The van der Waals surface area contributed by atoms with Gasteiger partial charge in [-0.05, 0) is 30.5 Å². The molecule has 1 aliphatic rings. The molecule has 0 aromatic heterocycles. The monoisotopic (exact) mass is 306 g/mol. The van der Waals surface area contributed by atoms with Crippen LogP contribution in [0.15, 0.2) is 34.8 Å². The van der Waals surface area contributed by atoms with Gasteiger partial charge in [0.1, 0.15) is 23.0 Å². The van der Waals surface area contributed by atoms with E-state index in [-0.39, 0.29) is 11.5 Å². The largest absolute Gasteiger partial charge is 0.508 e. The van der Waals surface area contributed by atoms with Crippen LogP contribution >= 0.6 is 15.9 Å². The first kappa shape index (κ1) is 11.4. The van der Waals surface area contributed by atoms with Crippen LogP contribution in [-0.2, 0) is 12.8 Å². The smallest absolute Gasteiger partial charge is 0.138 e. The Morgan fingerprint density at radius 3 is 2.67 bits per heavy atom. The van der Waals surface area contributed by atoms with Gasteiger partial charge in [-0.1, -0.05) is 22.0 Å². The van der Waals surface area contributed by atoms with Crippen LogP contribution in [0.2, 0.25) is 0 Å². The van der Waals surface area contributed by atoms with E-state index in [9.17, 15) is 10.2 Å².